The molecule has 32 heavy (non-hydrogen) atoms. The van der Waals surface area contributed by atoms with Gasteiger partial charge in [0.05, 0.1) is 23.0 Å². The Balaban J connectivity index is 1.49. The standard InChI is InChI=1S/C26H19ClN4O/c1-16-22(20-7-3-4-8-23(20)29-16)15-28-31-26(32)21-14-25(17-10-12-18(27)13-11-17)30-24-9-5-2-6-19(21)24/h2-15,29H,1H3,(H,31,32)/b28-15-. The molecular weight excluding hydrogens is 420 g/mol. The number of H-pyrrole nitrogens is 1. The number of aryl methyl sites for hydroxylation is 1. The van der Waals surface area contributed by atoms with Crippen molar-refractivity contribution in [2.45, 2.75) is 6.92 Å². The second-order valence-corrected chi connectivity index (χ2v) is 7.92. The maximum absolute atomic E-state index is 13.1. The van der Waals surface area contributed by atoms with Crippen LogP contribution in [0.5, 0.6) is 0 Å². The normalized spacial score (nSPS) is 11.4. The monoisotopic (exact) mass is 438 g/mol. The highest BCUT2D eigenvalue weighted by molar-refractivity contribution is 6.30. The van der Waals surface area contributed by atoms with Crippen molar-refractivity contribution < 1.29 is 4.79 Å². The summed E-state index contributed by atoms with van der Waals surface area (Å²) in [5.41, 5.74) is 8.47. The SMILES string of the molecule is Cc1[nH]c2ccccc2c1/C=N\NC(=O)c1cc(-c2ccc(Cl)cc2)nc2ccccc12. The second-order valence-electron chi connectivity index (χ2n) is 7.49. The molecule has 0 bridgehead atoms. The molecule has 6 heteroatoms. The quantitative estimate of drug-likeness (QED) is 0.262. The summed E-state index contributed by atoms with van der Waals surface area (Å²) in [6, 6.07) is 24.7. The van der Waals surface area contributed by atoms with Crippen LogP contribution in [-0.4, -0.2) is 22.1 Å². The first-order chi connectivity index (χ1) is 15.6. The van der Waals surface area contributed by atoms with E-state index in [2.05, 4.69) is 15.5 Å². The molecule has 0 aliphatic rings. The first-order valence-corrected chi connectivity index (χ1v) is 10.5. The highest BCUT2D eigenvalue weighted by Crippen LogP contribution is 2.26. The van der Waals surface area contributed by atoms with Gasteiger partial charge < -0.3 is 4.98 Å². The van der Waals surface area contributed by atoms with Crippen molar-refractivity contribution >= 4 is 45.5 Å². The van der Waals surface area contributed by atoms with E-state index in [1.165, 1.54) is 0 Å². The Kier molecular flexibility index (Phi) is 5.17. The van der Waals surface area contributed by atoms with E-state index < -0.39 is 0 Å². The number of halogens is 1. The molecule has 0 spiro atoms. The van der Waals surface area contributed by atoms with Crippen LogP contribution < -0.4 is 5.43 Å². The number of rotatable bonds is 4. The zero-order valence-electron chi connectivity index (χ0n) is 17.3. The van der Waals surface area contributed by atoms with Crippen molar-refractivity contribution in [3.05, 3.63) is 101 Å². The smallest absolute Gasteiger partial charge is 0.272 e. The van der Waals surface area contributed by atoms with E-state index in [1.807, 2.05) is 67.6 Å². The van der Waals surface area contributed by atoms with E-state index in [0.29, 0.717) is 16.3 Å². The van der Waals surface area contributed by atoms with Gasteiger partial charge in [-0.3, -0.25) is 4.79 Å². The van der Waals surface area contributed by atoms with Crippen molar-refractivity contribution in [2.75, 3.05) is 0 Å². The molecule has 2 heterocycles. The minimum Gasteiger partial charge on any atom is -0.358 e. The van der Waals surface area contributed by atoms with E-state index in [1.54, 1.807) is 24.4 Å². The number of fused-ring (bicyclic) bond motifs is 2. The number of hydrazone groups is 1. The fourth-order valence-electron chi connectivity index (χ4n) is 3.81. The molecule has 5 nitrogen and oxygen atoms in total. The van der Waals surface area contributed by atoms with Gasteiger partial charge in [0.1, 0.15) is 0 Å². The number of para-hydroxylation sites is 2. The number of nitrogens with one attached hydrogen (secondary N) is 2. The average molecular weight is 439 g/mol. The Morgan fingerprint density at radius 1 is 1.00 bits per heavy atom. The van der Waals surface area contributed by atoms with Crippen LogP contribution in [0.1, 0.15) is 21.6 Å². The van der Waals surface area contributed by atoms with Gasteiger partial charge in [-0.25, -0.2) is 10.4 Å². The van der Waals surface area contributed by atoms with E-state index in [9.17, 15) is 4.79 Å². The summed E-state index contributed by atoms with van der Waals surface area (Å²) >= 11 is 6.02. The molecule has 0 fully saturated rings. The van der Waals surface area contributed by atoms with Gasteiger partial charge >= 0.3 is 0 Å². The molecule has 0 unspecified atom stereocenters. The number of hydrogen-bond acceptors (Lipinski definition) is 3. The molecule has 0 atom stereocenters. The minimum atomic E-state index is -0.299. The van der Waals surface area contributed by atoms with E-state index in [4.69, 9.17) is 16.6 Å². The lowest BCUT2D eigenvalue weighted by molar-refractivity contribution is 0.0956. The van der Waals surface area contributed by atoms with Crippen LogP contribution in [0, 0.1) is 6.92 Å². The number of nitrogens with zero attached hydrogens (tertiary/aromatic N) is 2. The van der Waals surface area contributed by atoms with Crippen LogP contribution in [0.15, 0.2) is 84.0 Å². The van der Waals surface area contributed by atoms with Crippen LogP contribution in [0.25, 0.3) is 33.1 Å². The first-order valence-electron chi connectivity index (χ1n) is 10.2. The molecule has 3 aromatic carbocycles. The minimum absolute atomic E-state index is 0.299. The molecule has 156 valence electrons. The van der Waals surface area contributed by atoms with Crippen molar-refractivity contribution in [1.29, 1.82) is 0 Å². The highest BCUT2D eigenvalue weighted by Gasteiger charge is 2.14. The van der Waals surface area contributed by atoms with Gasteiger partial charge in [-0.1, -0.05) is 60.1 Å². The van der Waals surface area contributed by atoms with E-state index in [0.717, 1.165) is 38.6 Å². The van der Waals surface area contributed by atoms with Gasteiger partial charge in [-0.05, 0) is 37.3 Å². The second kappa shape index (κ2) is 8.29. The number of benzene rings is 3. The van der Waals surface area contributed by atoms with Crippen molar-refractivity contribution in [3.63, 3.8) is 0 Å². The van der Waals surface area contributed by atoms with Gasteiger partial charge in [-0.15, -0.1) is 0 Å². The van der Waals surface area contributed by atoms with Crippen LogP contribution in [0.4, 0.5) is 0 Å². The van der Waals surface area contributed by atoms with Gasteiger partial charge in [0.2, 0.25) is 0 Å². The number of hydrogen-bond donors (Lipinski definition) is 2. The third-order valence-corrected chi connectivity index (χ3v) is 5.66. The summed E-state index contributed by atoms with van der Waals surface area (Å²) in [6.45, 7) is 1.98. The summed E-state index contributed by atoms with van der Waals surface area (Å²) in [4.78, 5) is 21.1. The summed E-state index contributed by atoms with van der Waals surface area (Å²) in [6.07, 6.45) is 1.68. The molecule has 2 aromatic heterocycles. The number of carbonyl (C=O) groups is 1. The molecule has 1 amide bonds. The lowest BCUT2D eigenvalue weighted by Gasteiger charge is -2.09. The first kappa shape index (κ1) is 20.0. The zero-order valence-corrected chi connectivity index (χ0v) is 18.0. The van der Waals surface area contributed by atoms with E-state index in [-0.39, 0.29) is 5.91 Å². The molecule has 0 aliphatic heterocycles. The number of amides is 1. The number of carbonyl (C=O) groups excluding carboxylic acids is 1. The maximum Gasteiger partial charge on any atom is 0.272 e. The molecule has 5 aromatic rings. The van der Waals surface area contributed by atoms with Gasteiger partial charge in [-0.2, -0.15) is 5.10 Å². The molecule has 2 N–H and O–H groups in total. The maximum atomic E-state index is 13.1. The Hall–Kier alpha value is -3.96. The fourth-order valence-corrected chi connectivity index (χ4v) is 3.94. The van der Waals surface area contributed by atoms with E-state index >= 15 is 0 Å². The Morgan fingerprint density at radius 3 is 2.53 bits per heavy atom. The number of aromatic amines is 1. The third kappa shape index (κ3) is 3.74. The lowest BCUT2D eigenvalue weighted by Crippen LogP contribution is -2.18. The molecule has 5 rings (SSSR count). The number of aromatic nitrogens is 2. The molecule has 0 radical (unpaired) electrons. The predicted octanol–water partition coefficient (Wildman–Crippen LogP) is 6.11. The van der Waals surface area contributed by atoms with Crippen LogP contribution in [-0.2, 0) is 0 Å². The van der Waals surface area contributed by atoms with Gasteiger partial charge in [0, 0.05) is 38.1 Å². The Labute approximate surface area is 189 Å². The van der Waals surface area contributed by atoms with Crippen LogP contribution in [0.3, 0.4) is 0 Å². The van der Waals surface area contributed by atoms with Gasteiger partial charge in [0.15, 0.2) is 0 Å². The summed E-state index contributed by atoms with van der Waals surface area (Å²) in [7, 11) is 0. The molecule has 0 aliphatic carbocycles. The molecule has 0 saturated heterocycles. The average Bonchev–Trinajstić information content (AvgIpc) is 3.14. The topological polar surface area (TPSA) is 70.1 Å². The Bertz CT molecular complexity index is 1490. The summed E-state index contributed by atoms with van der Waals surface area (Å²) < 4.78 is 0. The van der Waals surface area contributed by atoms with Crippen molar-refractivity contribution in [2.24, 2.45) is 5.10 Å². The largest absolute Gasteiger partial charge is 0.358 e. The van der Waals surface area contributed by atoms with Crippen LogP contribution >= 0.6 is 11.6 Å². The zero-order chi connectivity index (χ0) is 22.1. The van der Waals surface area contributed by atoms with Gasteiger partial charge in [0.25, 0.3) is 5.91 Å². The van der Waals surface area contributed by atoms with Crippen molar-refractivity contribution in [3.8, 4) is 11.3 Å². The molecule has 0 saturated carbocycles. The highest BCUT2D eigenvalue weighted by atomic mass is 35.5. The summed E-state index contributed by atoms with van der Waals surface area (Å²) in [5.74, 6) is -0.299. The van der Waals surface area contributed by atoms with Crippen LogP contribution in [0.2, 0.25) is 5.02 Å². The number of pyridine rings is 1. The predicted molar refractivity (Wildman–Crippen MR) is 130 cm³/mol. The summed E-state index contributed by atoms with van der Waals surface area (Å²) in [5, 5.41) is 6.71. The van der Waals surface area contributed by atoms with Crippen molar-refractivity contribution in [1.82, 2.24) is 15.4 Å². The Morgan fingerprint density at radius 2 is 1.72 bits per heavy atom. The third-order valence-electron chi connectivity index (χ3n) is 5.40. The fraction of sp³-hybridized carbons (Fsp3) is 0.0385. The molecular formula is C26H19ClN4O. The lowest BCUT2D eigenvalue weighted by atomic mass is 10.0.